The van der Waals surface area contributed by atoms with Crippen molar-refractivity contribution in [3.63, 3.8) is 0 Å². The van der Waals surface area contributed by atoms with Crippen LogP contribution in [0.5, 0.6) is 11.5 Å². The average Bonchev–Trinajstić information content (AvgIpc) is 2.89. The number of nitrogens with one attached hydrogen (secondary N) is 3. The van der Waals surface area contributed by atoms with E-state index in [9.17, 15) is 33.3 Å². The second kappa shape index (κ2) is 12.0. The summed E-state index contributed by atoms with van der Waals surface area (Å²) in [5.41, 5.74) is 0.560. The summed E-state index contributed by atoms with van der Waals surface area (Å²) < 4.78 is 27.5. The summed E-state index contributed by atoms with van der Waals surface area (Å²) in [6.45, 7) is 1.28. The van der Waals surface area contributed by atoms with Crippen molar-refractivity contribution in [2.75, 3.05) is 23.3 Å². The molecule has 0 aliphatic carbocycles. The summed E-state index contributed by atoms with van der Waals surface area (Å²) in [5.74, 6) is -1.85. The van der Waals surface area contributed by atoms with Crippen molar-refractivity contribution in [1.82, 2.24) is 20.0 Å². The summed E-state index contributed by atoms with van der Waals surface area (Å²) in [6, 6.07) is 10.8. The number of aliphatic carboxylic acids is 1. The number of aromatic nitrogens is 2. The highest BCUT2D eigenvalue weighted by Gasteiger charge is 2.26. The molecule has 39 heavy (non-hydrogen) atoms. The molecule has 0 spiro atoms. The maximum absolute atomic E-state index is 12.8. The lowest BCUT2D eigenvalue weighted by atomic mass is 10.0. The van der Waals surface area contributed by atoms with Crippen LogP contribution < -0.4 is 20.3 Å². The van der Waals surface area contributed by atoms with Crippen LogP contribution in [0.15, 0.2) is 65.8 Å². The van der Waals surface area contributed by atoms with Gasteiger partial charge >= 0.3 is 5.97 Å². The largest absolute Gasteiger partial charge is 0.508 e. The number of carboxylic acid groups (broad SMARTS) is 1. The monoisotopic (exact) mass is 556 g/mol. The van der Waals surface area contributed by atoms with E-state index in [0.717, 1.165) is 25.0 Å². The maximum Gasteiger partial charge on any atom is 0.306 e. The van der Waals surface area contributed by atoms with E-state index >= 15 is 0 Å². The molecular weight excluding hydrogens is 528 g/mol. The smallest absolute Gasteiger partial charge is 0.306 e. The number of carboxylic acids is 1. The Balaban J connectivity index is 1.39. The number of sulfonamides is 1. The van der Waals surface area contributed by atoms with Gasteiger partial charge in [-0.25, -0.2) is 18.4 Å². The Labute approximate surface area is 224 Å². The molecule has 1 unspecified atom stereocenters. The normalized spacial score (nSPS) is 14.9. The van der Waals surface area contributed by atoms with Gasteiger partial charge in [-0.15, -0.1) is 0 Å². The summed E-state index contributed by atoms with van der Waals surface area (Å²) in [7, 11) is -4.21. The second-order valence-electron chi connectivity index (χ2n) is 8.92. The number of aromatic hydroxyl groups is 2. The van der Waals surface area contributed by atoms with Gasteiger partial charge < -0.3 is 30.9 Å². The molecule has 206 valence electrons. The SMILES string of the molecule is O=C(O)CC(NC(=O)c1ccc(N2CCC(Nc3ncccn3)CC2)c(O)c1)NS(=O)(=O)c1ccc(O)cc1. The van der Waals surface area contributed by atoms with Crippen LogP contribution in [0, 0.1) is 0 Å². The van der Waals surface area contributed by atoms with Crippen LogP contribution in [-0.4, -0.2) is 70.9 Å². The Kier molecular flexibility index (Phi) is 8.46. The van der Waals surface area contributed by atoms with E-state index in [1.807, 2.05) is 4.90 Å². The van der Waals surface area contributed by atoms with Crippen LogP contribution in [0.4, 0.5) is 11.6 Å². The Hall–Kier alpha value is -4.43. The van der Waals surface area contributed by atoms with Gasteiger partial charge in [-0.1, -0.05) is 0 Å². The fourth-order valence-electron chi connectivity index (χ4n) is 4.17. The van der Waals surface area contributed by atoms with Crippen LogP contribution in [0.25, 0.3) is 0 Å². The topological polar surface area (TPSA) is 194 Å². The zero-order chi connectivity index (χ0) is 28.0. The summed E-state index contributed by atoms with van der Waals surface area (Å²) >= 11 is 0. The molecule has 1 aliphatic rings. The Morgan fingerprint density at radius 1 is 1.03 bits per heavy atom. The van der Waals surface area contributed by atoms with Gasteiger partial charge in [0.2, 0.25) is 16.0 Å². The third kappa shape index (κ3) is 7.33. The van der Waals surface area contributed by atoms with Crippen LogP contribution in [0.2, 0.25) is 0 Å². The molecule has 2 aromatic carbocycles. The number of carbonyl (C=O) groups is 2. The third-order valence-electron chi connectivity index (χ3n) is 6.10. The molecule has 0 radical (unpaired) electrons. The van der Waals surface area contributed by atoms with Crippen molar-refractivity contribution in [3.05, 3.63) is 66.5 Å². The Bertz CT molecular complexity index is 1410. The van der Waals surface area contributed by atoms with Gasteiger partial charge in [0.15, 0.2) is 0 Å². The highest BCUT2D eigenvalue weighted by molar-refractivity contribution is 7.89. The Morgan fingerprint density at radius 2 is 1.69 bits per heavy atom. The van der Waals surface area contributed by atoms with Gasteiger partial charge in [-0.05, 0) is 61.4 Å². The number of nitrogens with zero attached hydrogens (tertiary/aromatic N) is 3. The number of phenols is 2. The highest BCUT2D eigenvalue weighted by Crippen LogP contribution is 2.31. The molecule has 0 bridgehead atoms. The molecule has 4 rings (SSSR count). The predicted octanol–water partition coefficient (Wildman–Crippen LogP) is 1.48. The van der Waals surface area contributed by atoms with Gasteiger partial charge in [-0.2, -0.15) is 4.72 Å². The standard InChI is InChI=1S/C25H28N6O7S/c32-18-3-5-19(6-4-18)39(37,38)30-22(15-23(34)35)29-24(36)16-2-7-20(21(33)14-16)31-12-8-17(9-13-31)28-25-26-10-1-11-27-25/h1-7,10-11,14,17,22,30,32-33H,8-9,12-13,15H2,(H,29,36)(H,34,35)(H,26,27,28). The quantitative estimate of drug-likeness (QED) is 0.198. The molecule has 1 aromatic heterocycles. The number of hydrogen-bond donors (Lipinski definition) is 6. The van der Waals surface area contributed by atoms with Gasteiger partial charge in [0.1, 0.15) is 17.7 Å². The second-order valence-corrected chi connectivity index (χ2v) is 10.6. The summed E-state index contributed by atoms with van der Waals surface area (Å²) in [4.78, 5) is 34.3. The van der Waals surface area contributed by atoms with E-state index in [-0.39, 0.29) is 28.0 Å². The van der Waals surface area contributed by atoms with E-state index in [2.05, 4.69) is 25.3 Å². The molecule has 1 atom stereocenters. The molecule has 1 aliphatic heterocycles. The number of phenolic OH excluding ortho intramolecular Hbond substituents is 2. The van der Waals surface area contributed by atoms with E-state index in [1.54, 1.807) is 24.5 Å². The number of hydrogen-bond acceptors (Lipinski definition) is 10. The van der Waals surface area contributed by atoms with E-state index in [0.29, 0.717) is 24.7 Å². The zero-order valence-electron chi connectivity index (χ0n) is 20.7. The van der Waals surface area contributed by atoms with E-state index < -0.39 is 34.5 Å². The van der Waals surface area contributed by atoms with Crippen molar-refractivity contribution in [3.8, 4) is 11.5 Å². The average molecular weight is 557 g/mol. The van der Waals surface area contributed by atoms with Gasteiger partial charge in [0, 0.05) is 37.1 Å². The lowest BCUT2D eigenvalue weighted by molar-refractivity contribution is -0.137. The molecule has 1 fully saturated rings. The number of anilines is 2. The van der Waals surface area contributed by atoms with Gasteiger partial charge in [0.05, 0.1) is 17.0 Å². The molecular formula is C25H28N6O7S. The fraction of sp³-hybridized carbons (Fsp3) is 0.280. The first kappa shape index (κ1) is 27.6. The molecule has 1 saturated heterocycles. The van der Waals surface area contributed by atoms with Crippen LogP contribution >= 0.6 is 0 Å². The highest BCUT2D eigenvalue weighted by atomic mass is 32.2. The van der Waals surface area contributed by atoms with Crippen molar-refractivity contribution in [1.29, 1.82) is 0 Å². The summed E-state index contributed by atoms with van der Waals surface area (Å²) in [6.07, 6.45) is 2.67. The van der Waals surface area contributed by atoms with Crippen LogP contribution in [0.3, 0.4) is 0 Å². The zero-order valence-corrected chi connectivity index (χ0v) is 21.5. The molecule has 2 heterocycles. The van der Waals surface area contributed by atoms with Gasteiger partial charge in [0.25, 0.3) is 5.91 Å². The number of carbonyl (C=O) groups excluding carboxylic acids is 1. The minimum absolute atomic E-state index is 0.0215. The first-order valence-corrected chi connectivity index (χ1v) is 13.5. The lowest BCUT2D eigenvalue weighted by Gasteiger charge is -2.34. The number of piperidine rings is 1. The van der Waals surface area contributed by atoms with E-state index in [1.165, 1.54) is 24.3 Å². The van der Waals surface area contributed by atoms with E-state index in [4.69, 9.17) is 0 Å². The number of benzene rings is 2. The maximum atomic E-state index is 12.8. The summed E-state index contributed by atoms with van der Waals surface area (Å²) in [5, 5.41) is 34.9. The predicted molar refractivity (Wildman–Crippen MR) is 141 cm³/mol. The van der Waals surface area contributed by atoms with Crippen molar-refractivity contribution < 1.29 is 33.3 Å². The number of rotatable bonds is 10. The molecule has 3 aromatic rings. The van der Waals surface area contributed by atoms with Crippen LogP contribution in [0.1, 0.15) is 29.6 Å². The van der Waals surface area contributed by atoms with Crippen molar-refractivity contribution in [2.45, 2.75) is 36.4 Å². The first-order valence-electron chi connectivity index (χ1n) is 12.1. The number of amides is 1. The molecule has 6 N–H and O–H groups in total. The molecule has 1 amide bonds. The van der Waals surface area contributed by atoms with Gasteiger partial charge in [-0.3, -0.25) is 9.59 Å². The third-order valence-corrected chi connectivity index (χ3v) is 7.59. The Morgan fingerprint density at radius 3 is 2.31 bits per heavy atom. The van der Waals surface area contributed by atoms with Crippen LogP contribution in [-0.2, 0) is 14.8 Å². The lowest BCUT2D eigenvalue weighted by Crippen LogP contribution is -2.49. The van der Waals surface area contributed by atoms with Crippen molar-refractivity contribution >= 4 is 33.5 Å². The first-order chi connectivity index (χ1) is 18.6. The molecule has 13 nitrogen and oxygen atoms in total. The molecule has 0 saturated carbocycles. The minimum Gasteiger partial charge on any atom is -0.508 e. The van der Waals surface area contributed by atoms with Crippen molar-refractivity contribution in [2.24, 2.45) is 0 Å². The fourth-order valence-corrected chi connectivity index (χ4v) is 5.32. The molecule has 14 heteroatoms. The minimum atomic E-state index is -4.21.